The summed E-state index contributed by atoms with van der Waals surface area (Å²) in [5, 5.41) is 11.7. The summed E-state index contributed by atoms with van der Waals surface area (Å²) in [5.74, 6) is 1.23. The SMILES string of the molecule is COC1(OC)CC[C@@]2(C)[C@@H](CC[C@@H]3[C@H]2CC[C@]2(C)C(=O)CC[C@@]32O)C1. The molecule has 1 N–H and O–H groups in total. The maximum absolute atomic E-state index is 12.5. The van der Waals surface area contributed by atoms with Gasteiger partial charge in [-0.15, -0.1) is 0 Å². The first-order chi connectivity index (χ1) is 11.7. The number of Topliss-reactive ketones (excluding diaryl/α,β-unsaturated/α-hetero) is 1. The van der Waals surface area contributed by atoms with Crippen LogP contribution in [0.15, 0.2) is 0 Å². The maximum Gasteiger partial charge on any atom is 0.167 e. The molecule has 0 aromatic heterocycles. The van der Waals surface area contributed by atoms with Crippen LogP contribution in [0.1, 0.15) is 71.6 Å². The van der Waals surface area contributed by atoms with Gasteiger partial charge in [0.05, 0.1) is 11.0 Å². The maximum atomic E-state index is 12.5. The van der Waals surface area contributed by atoms with Gasteiger partial charge in [0.25, 0.3) is 0 Å². The van der Waals surface area contributed by atoms with Gasteiger partial charge >= 0.3 is 0 Å². The molecule has 0 unspecified atom stereocenters. The summed E-state index contributed by atoms with van der Waals surface area (Å²) in [6.07, 6.45) is 8.27. The van der Waals surface area contributed by atoms with Crippen molar-refractivity contribution in [2.75, 3.05) is 14.2 Å². The second-order valence-corrected chi connectivity index (χ2v) is 9.73. The molecule has 0 saturated heterocycles. The van der Waals surface area contributed by atoms with Crippen molar-refractivity contribution in [1.82, 2.24) is 0 Å². The molecule has 25 heavy (non-hydrogen) atoms. The standard InChI is InChI=1S/C21H34O4/c1-18-11-12-20(24-3,25-4)13-14(18)5-6-16-15(18)7-9-19(2)17(22)8-10-21(16,19)23/h14-16,23H,5-13H2,1-4H3/t14-,15+,16+,18-,19+,21+/m0/s1. The van der Waals surface area contributed by atoms with Crippen molar-refractivity contribution in [2.24, 2.45) is 28.6 Å². The van der Waals surface area contributed by atoms with E-state index < -0.39 is 16.8 Å². The lowest BCUT2D eigenvalue weighted by Crippen LogP contribution is -2.63. The molecule has 4 aliphatic rings. The molecule has 0 aromatic rings. The molecule has 6 atom stereocenters. The van der Waals surface area contributed by atoms with Crippen molar-refractivity contribution >= 4 is 5.78 Å². The van der Waals surface area contributed by atoms with Gasteiger partial charge in [-0.3, -0.25) is 4.79 Å². The lowest BCUT2D eigenvalue weighted by molar-refractivity contribution is -0.269. The zero-order valence-corrected chi connectivity index (χ0v) is 16.3. The molecule has 4 nitrogen and oxygen atoms in total. The first-order valence-corrected chi connectivity index (χ1v) is 10.1. The molecule has 0 bridgehead atoms. The number of methoxy groups -OCH3 is 2. The van der Waals surface area contributed by atoms with Crippen LogP contribution >= 0.6 is 0 Å². The van der Waals surface area contributed by atoms with Crippen LogP contribution in [0.5, 0.6) is 0 Å². The fourth-order valence-corrected chi connectivity index (χ4v) is 7.38. The van der Waals surface area contributed by atoms with E-state index in [9.17, 15) is 9.90 Å². The summed E-state index contributed by atoms with van der Waals surface area (Å²) in [4.78, 5) is 12.5. The summed E-state index contributed by atoms with van der Waals surface area (Å²) in [7, 11) is 3.52. The normalized spacial score (nSPS) is 51.6. The highest BCUT2D eigenvalue weighted by Crippen LogP contribution is 2.67. The number of hydrogen-bond donors (Lipinski definition) is 1. The molecule has 0 amide bonds. The Kier molecular flexibility index (Phi) is 3.97. The Labute approximate surface area is 151 Å². The third-order valence-electron chi connectivity index (χ3n) is 9.31. The van der Waals surface area contributed by atoms with Crippen molar-refractivity contribution in [3.05, 3.63) is 0 Å². The Morgan fingerprint density at radius 2 is 1.68 bits per heavy atom. The summed E-state index contributed by atoms with van der Waals surface area (Å²) < 4.78 is 11.5. The quantitative estimate of drug-likeness (QED) is 0.772. The topological polar surface area (TPSA) is 55.8 Å². The number of hydrogen-bond acceptors (Lipinski definition) is 4. The highest BCUT2D eigenvalue weighted by Gasteiger charge is 2.68. The van der Waals surface area contributed by atoms with Crippen LogP contribution in [0.3, 0.4) is 0 Å². The lowest BCUT2D eigenvalue weighted by Gasteiger charge is -2.63. The Morgan fingerprint density at radius 3 is 2.36 bits per heavy atom. The van der Waals surface area contributed by atoms with Gasteiger partial charge in [0, 0.05) is 33.5 Å². The lowest BCUT2D eigenvalue weighted by atomic mass is 9.43. The smallest absolute Gasteiger partial charge is 0.167 e. The van der Waals surface area contributed by atoms with Crippen molar-refractivity contribution in [3.63, 3.8) is 0 Å². The van der Waals surface area contributed by atoms with Gasteiger partial charge in [0.1, 0.15) is 5.78 Å². The predicted molar refractivity (Wildman–Crippen MR) is 94.9 cm³/mol. The van der Waals surface area contributed by atoms with Gasteiger partial charge in [-0.1, -0.05) is 6.92 Å². The first-order valence-electron chi connectivity index (χ1n) is 10.1. The number of aliphatic hydroxyl groups is 1. The highest BCUT2D eigenvalue weighted by atomic mass is 16.7. The molecule has 4 fully saturated rings. The van der Waals surface area contributed by atoms with Gasteiger partial charge in [-0.2, -0.15) is 0 Å². The van der Waals surface area contributed by atoms with Crippen molar-refractivity contribution in [3.8, 4) is 0 Å². The summed E-state index contributed by atoms with van der Waals surface area (Å²) >= 11 is 0. The minimum absolute atomic E-state index is 0.228. The van der Waals surface area contributed by atoms with Gasteiger partial charge in [-0.05, 0) is 68.6 Å². The van der Waals surface area contributed by atoms with Gasteiger partial charge in [0.15, 0.2) is 5.79 Å². The number of fused-ring (bicyclic) bond motifs is 5. The zero-order chi connectivity index (χ0) is 18.1. The van der Waals surface area contributed by atoms with E-state index in [2.05, 4.69) is 6.92 Å². The number of ketones is 1. The van der Waals surface area contributed by atoms with E-state index in [1.54, 1.807) is 14.2 Å². The molecule has 0 aromatic carbocycles. The van der Waals surface area contributed by atoms with E-state index in [-0.39, 0.29) is 11.3 Å². The monoisotopic (exact) mass is 350 g/mol. The van der Waals surface area contributed by atoms with Crippen LogP contribution in [0, 0.1) is 28.6 Å². The van der Waals surface area contributed by atoms with E-state index in [1.807, 2.05) is 6.92 Å². The van der Waals surface area contributed by atoms with Gasteiger partial charge in [0.2, 0.25) is 0 Å². The van der Waals surface area contributed by atoms with Crippen molar-refractivity contribution < 1.29 is 19.4 Å². The molecule has 0 heterocycles. The Bertz CT molecular complexity index is 570. The molecular formula is C21H34O4. The van der Waals surface area contributed by atoms with Crippen LogP contribution in [0.25, 0.3) is 0 Å². The number of carbonyl (C=O) groups is 1. The van der Waals surface area contributed by atoms with Crippen LogP contribution in [0.4, 0.5) is 0 Å². The summed E-state index contributed by atoms with van der Waals surface area (Å²) in [6.45, 7) is 4.47. The molecule has 4 heteroatoms. The number of rotatable bonds is 2. The molecule has 0 spiro atoms. The molecule has 0 aliphatic heterocycles. The average Bonchev–Trinajstić information content (AvgIpc) is 2.86. The number of ether oxygens (including phenoxy) is 2. The fourth-order valence-electron chi connectivity index (χ4n) is 7.38. The molecular weight excluding hydrogens is 316 g/mol. The minimum atomic E-state index is -0.780. The van der Waals surface area contributed by atoms with Crippen molar-refractivity contribution in [1.29, 1.82) is 0 Å². The summed E-state index contributed by atoms with van der Waals surface area (Å²) in [6, 6.07) is 0. The third kappa shape index (κ3) is 2.14. The molecule has 4 aliphatic carbocycles. The van der Waals surface area contributed by atoms with Crippen LogP contribution in [-0.4, -0.2) is 36.5 Å². The molecule has 0 radical (unpaired) electrons. The molecule has 142 valence electrons. The zero-order valence-electron chi connectivity index (χ0n) is 16.3. The predicted octanol–water partition coefficient (Wildman–Crippen LogP) is 3.70. The third-order valence-corrected chi connectivity index (χ3v) is 9.31. The Balaban J connectivity index is 1.65. The largest absolute Gasteiger partial charge is 0.389 e. The minimum Gasteiger partial charge on any atom is -0.389 e. The van der Waals surface area contributed by atoms with E-state index in [0.717, 1.165) is 44.9 Å². The Hall–Kier alpha value is -0.450. The second-order valence-electron chi connectivity index (χ2n) is 9.73. The van der Waals surface area contributed by atoms with E-state index in [0.29, 0.717) is 30.5 Å². The van der Waals surface area contributed by atoms with Gasteiger partial charge < -0.3 is 14.6 Å². The van der Waals surface area contributed by atoms with E-state index >= 15 is 0 Å². The molecule has 4 rings (SSSR count). The average molecular weight is 350 g/mol. The van der Waals surface area contributed by atoms with Crippen LogP contribution in [0.2, 0.25) is 0 Å². The van der Waals surface area contributed by atoms with Crippen LogP contribution < -0.4 is 0 Å². The first kappa shape index (κ1) is 17.9. The Morgan fingerprint density at radius 1 is 0.960 bits per heavy atom. The van der Waals surface area contributed by atoms with Crippen LogP contribution in [-0.2, 0) is 14.3 Å². The number of carbonyl (C=O) groups excluding carboxylic acids is 1. The van der Waals surface area contributed by atoms with E-state index in [4.69, 9.17) is 9.47 Å². The summed E-state index contributed by atoms with van der Waals surface area (Å²) in [5.41, 5.74) is -1.06. The highest BCUT2D eigenvalue weighted by molar-refractivity contribution is 5.88. The second kappa shape index (κ2) is 5.53. The molecule has 4 saturated carbocycles. The van der Waals surface area contributed by atoms with Crippen molar-refractivity contribution in [2.45, 2.75) is 83.0 Å². The van der Waals surface area contributed by atoms with E-state index in [1.165, 1.54) is 0 Å². The van der Waals surface area contributed by atoms with Gasteiger partial charge in [-0.25, -0.2) is 0 Å². The fraction of sp³-hybridized carbons (Fsp3) is 0.952.